The summed E-state index contributed by atoms with van der Waals surface area (Å²) in [5, 5.41) is 38.3. The van der Waals surface area contributed by atoms with Gasteiger partial charge < -0.3 is 15.4 Å². The minimum absolute atomic E-state index is 0.0145. The number of nitro groups is 2. The predicted molar refractivity (Wildman–Crippen MR) is 78.7 cm³/mol. The van der Waals surface area contributed by atoms with E-state index in [1.807, 2.05) is 0 Å². The number of benzene rings is 1. The number of nitrogens with one attached hydrogen (secondary N) is 2. The molecule has 2 rings (SSSR count). The Bertz CT molecular complexity index is 870. The highest BCUT2D eigenvalue weighted by molar-refractivity contribution is 9.10. The number of nitrogens with zero attached hydrogens (tertiary/aromatic N) is 4. The minimum Gasteiger partial charge on any atom is -0.358 e. The van der Waals surface area contributed by atoms with Crippen LogP contribution in [0, 0.1) is 31.6 Å². The summed E-state index contributed by atoms with van der Waals surface area (Å²) in [6, 6.07) is 5.01. The van der Waals surface area contributed by atoms with Crippen molar-refractivity contribution in [3.05, 3.63) is 54.2 Å². The van der Waals surface area contributed by atoms with Crippen LogP contribution in [0.1, 0.15) is 16.1 Å². The van der Waals surface area contributed by atoms with E-state index in [-0.39, 0.29) is 27.1 Å². The first-order valence-corrected chi connectivity index (χ1v) is 6.52. The van der Waals surface area contributed by atoms with Crippen LogP contribution < -0.4 is 5.32 Å². The number of nitro benzene ring substituents is 1. The molecule has 23 heavy (non-hydrogen) atoms. The number of H-pyrrole nitrogens is 1. The van der Waals surface area contributed by atoms with Crippen LogP contribution in [0.25, 0.3) is 0 Å². The maximum Gasteiger partial charge on any atom is 0.357 e. The van der Waals surface area contributed by atoms with Gasteiger partial charge in [0.2, 0.25) is 0 Å². The fourth-order valence-corrected chi connectivity index (χ4v) is 2.12. The number of hydrogen-bond donors (Lipinski definition) is 2. The molecular formula is C11H5BrN6O5. The molecule has 1 aromatic heterocycles. The number of aromatic nitrogens is 2. The fourth-order valence-electron chi connectivity index (χ4n) is 1.62. The lowest BCUT2D eigenvalue weighted by Gasteiger charge is -2.05. The zero-order chi connectivity index (χ0) is 17.1. The van der Waals surface area contributed by atoms with E-state index < -0.39 is 21.6 Å². The fraction of sp³-hybridized carbons (Fsp3) is 0. The summed E-state index contributed by atoms with van der Waals surface area (Å²) in [5.74, 6) is -1.33. The second kappa shape index (κ2) is 6.20. The van der Waals surface area contributed by atoms with Crippen LogP contribution in [-0.4, -0.2) is 26.0 Å². The molecule has 11 nitrogen and oxygen atoms in total. The summed E-state index contributed by atoms with van der Waals surface area (Å²) < 4.78 is -0.152. The van der Waals surface area contributed by atoms with Gasteiger partial charge in [-0.15, -0.1) is 5.10 Å². The van der Waals surface area contributed by atoms with E-state index in [1.54, 1.807) is 6.07 Å². The van der Waals surface area contributed by atoms with Crippen LogP contribution in [0.15, 0.2) is 22.7 Å². The smallest absolute Gasteiger partial charge is 0.357 e. The zero-order valence-electron chi connectivity index (χ0n) is 10.9. The van der Waals surface area contributed by atoms with E-state index in [4.69, 9.17) is 5.26 Å². The maximum atomic E-state index is 12.1. The van der Waals surface area contributed by atoms with Crippen LogP contribution in [-0.2, 0) is 0 Å². The Balaban J connectivity index is 2.33. The van der Waals surface area contributed by atoms with Gasteiger partial charge >= 0.3 is 5.82 Å². The van der Waals surface area contributed by atoms with Crippen LogP contribution >= 0.6 is 15.9 Å². The second-order valence-electron chi connectivity index (χ2n) is 4.04. The first kappa shape index (κ1) is 16.0. The first-order valence-electron chi connectivity index (χ1n) is 5.73. The van der Waals surface area contributed by atoms with Crippen molar-refractivity contribution in [2.24, 2.45) is 0 Å². The molecule has 0 saturated heterocycles. The number of non-ortho nitro benzene ring substituents is 1. The molecule has 0 aliphatic heterocycles. The largest absolute Gasteiger partial charge is 0.358 e. The molecule has 0 aliphatic rings. The van der Waals surface area contributed by atoms with Crippen molar-refractivity contribution in [3.8, 4) is 6.07 Å². The zero-order valence-corrected chi connectivity index (χ0v) is 12.5. The van der Waals surface area contributed by atoms with Crippen molar-refractivity contribution < 1.29 is 14.6 Å². The monoisotopic (exact) mass is 380 g/mol. The number of anilines is 1. The lowest BCUT2D eigenvalue weighted by molar-refractivity contribution is -0.390. The molecule has 116 valence electrons. The number of carbonyl (C=O) groups excluding carboxylic acids is 1. The van der Waals surface area contributed by atoms with Gasteiger partial charge in [-0.25, -0.2) is 0 Å². The number of halogens is 1. The molecule has 1 amide bonds. The van der Waals surface area contributed by atoms with Gasteiger partial charge in [-0.1, -0.05) is 5.10 Å². The molecule has 0 unspecified atom stereocenters. The van der Waals surface area contributed by atoms with Crippen molar-refractivity contribution in [3.63, 3.8) is 0 Å². The predicted octanol–water partition coefficient (Wildman–Crippen LogP) is 2.11. The Kier molecular flexibility index (Phi) is 4.32. The number of hydrogen-bond acceptors (Lipinski definition) is 7. The Morgan fingerprint density at radius 1 is 1.35 bits per heavy atom. The average Bonchev–Trinajstić information content (AvgIpc) is 2.89. The van der Waals surface area contributed by atoms with Crippen molar-refractivity contribution in [1.82, 2.24) is 10.2 Å². The Hall–Kier alpha value is -3.33. The van der Waals surface area contributed by atoms with E-state index in [1.165, 1.54) is 6.07 Å². The number of nitriles is 1. The van der Waals surface area contributed by atoms with E-state index in [9.17, 15) is 25.0 Å². The third-order valence-electron chi connectivity index (χ3n) is 2.67. The van der Waals surface area contributed by atoms with E-state index in [0.717, 1.165) is 12.1 Å². The molecule has 2 aromatic rings. The Labute approximate surface area is 135 Å². The summed E-state index contributed by atoms with van der Waals surface area (Å²) in [7, 11) is 0. The van der Waals surface area contributed by atoms with Crippen molar-refractivity contribution in [2.45, 2.75) is 0 Å². The van der Waals surface area contributed by atoms with Gasteiger partial charge in [0.25, 0.3) is 11.6 Å². The molecule has 12 heteroatoms. The molecule has 0 saturated carbocycles. The van der Waals surface area contributed by atoms with Gasteiger partial charge in [-0.3, -0.25) is 14.9 Å². The molecule has 0 atom stereocenters. The third-order valence-corrected chi connectivity index (χ3v) is 3.42. The van der Waals surface area contributed by atoms with Crippen molar-refractivity contribution >= 4 is 39.0 Å². The lowest BCUT2D eigenvalue weighted by atomic mass is 10.1. The van der Waals surface area contributed by atoms with Gasteiger partial charge in [0, 0.05) is 12.1 Å². The minimum atomic E-state index is -0.827. The van der Waals surface area contributed by atoms with Gasteiger partial charge in [-0.05, 0) is 26.9 Å². The van der Waals surface area contributed by atoms with Crippen molar-refractivity contribution in [2.75, 3.05) is 5.32 Å². The number of amides is 1. The summed E-state index contributed by atoms with van der Waals surface area (Å²) in [6.07, 6.45) is 0. The quantitative estimate of drug-likeness (QED) is 0.604. The van der Waals surface area contributed by atoms with Gasteiger partial charge in [0.15, 0.2) is 5.69 Å². The molecule has 1 aromatic carbocycles. The summed E-state index contributed by atoms with van der Waals surface area (Å²) in [5.41, 5.74) is -0.718. The highest BCUT2D eigenvalue weighted by atomic mass is 79.9. The Morgan fingerprint density at radius 3 is 2.57 bits per heavy atom. The topological polar surface area (TPSA) is 168 Å². The Morgan fingerprint density at radius 2 is 2.04 bits per heavy atom. The highest BCUT2D eigenvalue weighted by Crippen LogP contribution is 2.27. The SMILES string of the molecule is N#Cc1cc([N+](=O)[O-])ccc1NC(=O)c1n[nH]c([N+](=O)[O-])c1Br. The maximum absolute atomic E-state index is 12.1. The summed E-state index contributed by atoms with van der Waals surface area (Å²) >= 11 is 2.88. The average molecular weight is 381 g/mol. The molecule has 0 spiro atoms. The third kappa shape index (κ3) is 3.14. The lowest BCUT2D eigenvalue weighted by Crippen LogP contribution is -2.14. The van der Waals surface area contributed by atoms with Gasteiger partial charge in [0.1, 0.15) is 10.5 Å². The van der Waals surface area contributed by atoms with Crippen molar-refractivity contribution in [1.29, 1.82) is 5.26 Å². The number of carbonyl (C=O) groups is 1. The van der Waals surface area contributed by atoms with Crippen LogP contribution in [0.5, 0.6) is 0 Å². The number of aromatic amines is 1. The summed E-state index contributed by atoms with van der Waals surface area (Å²) in [6.45, 7) is 0. The highest BCUT2D eigenvalue weighted by Gasteiger charge is 2.25. The molecular weight excluding hydrogens is 376 g/mol. The van der Waals surface area contributed by atoms with Gasteiger partial charge in [-0.2, -0.15) is 5.26 Å². The van der Waals surface area contributed by atoms with E-state index >= 15 is 0 Å². The van der Waals surface area contributed by atoms with Crippen LogP contribution in [0.3, 0.4) is 0 Å². The normalized spacial score (nSPS) is 9.91. The first-order chi connectivity index (χ1) is 10.8. The summed E-state index contributed by atoms with van der Waals surface area (Å²) in [4.78, 5) is 32.0. The molecule has 0 fully saturated rings. The number of rotatable bonds is 4. The second-order valence-corrected chi connectivity index (χ2v) is 4.84. The van der Waals surface area contributed by atoms with Crippen LogP contribution in [0.4, 0.5) is 17.2 Å². The molecule has 0 bridgehead atoms. The van der Waals surface area contributed by atoms with E-state index in [2.05, 4.69) is 31.4 Å². The van der Waals surface area contributed by atoms with E-state index in [0.29, 0.717) is 0 Å². The van der Waals surface area contributed by atoms with Gasteiger partial charge in [0.05, 0.1) is 16.2 Å². The standard InChI is InChI=1S/C11H5BrN6O5/c12-8-9(15-16-10(8)18(22)23)11(19)14-7-2-1-6(17(20)21)3-5(7)4-13/h1-3H,(H,14,19)(H,15,16). The molecule has 0 radical (unpaired) electrons. The molecule has 0 aliphatic carbocycles. The molecule has 1 heterocycles. The molecule has 2 N–H and O–H groups in total. The van der Waals surface area contributed by atoms with Crippen LogP contribution in [0.2, 0.25) is 0 Å².